The van der Waals surface area contributed by atoms with Crippen LogP contribution in [-0.2, 0) is 0 Å². The van der Waals surface area contributed by atoms with Crippen molar-refractivity contribution in [1.29, 1.82) is 0 Å². The van der Waals surface area contributed by atoms with Crippen LogP contribution < -0.4 is 20.7 Å². The Balaban J connectivity index is 1.18. The van der Waals surface area contributed by atoms with Gasteiger partial charge in [-0.05, 0) is 81.2 Å². The number of nitrogens with one attached hydrogen (secondary N) is 1. The van der Waals surface area contributed by atoms with E-state index in [-0.39, 0.29) is 67.1 Å². The fourth-order valence-electron chi connectivity index (χ4n) is 8.72. The number of thiazole rings is 1. The standard InChI is InChI=1S/C33H33F4N7OS/c34-12-17-11-32(7-1-9-44(32)13-17)16-45-31-40-26-21(29(41-31)43-14-19-6-8-33(15-43,42-19)18-2-3-18)10-23(36)24(25(26)37)20-4-5-22(35)28-27(20)39-30(38)46-28/h4-5,10,12,18-19,42H,1-3,6-9,11,13-16H2,(H2,38,39)/b17-12+/t19-,32-,33+/m0/s1. The number of piperazine rings is 1. The van der Waals surface area contributed by atoms with Crippen LogP contribution >= 0.6 is 11.3 Å². The number of hydrogen-bond donors (Lipinski definition) is 2. The van der Waals surface area contributed by atoms with E-state index in [1.807, 2.05) is 0 Å². The van der Waals surface area contributed by atoms with Crippen LogP contribution in [0.3, 0.4) is 0 Å². The van der Waals surface area contributed by atoms with Gasteiger partial charge in [-0.25, -0.2) is 22.5 Å². The van der Waals surface area contributed by atoms with E-state index < -0.39 is 17.5 Å². The van der Waals surface area contributed by atoms with E-state index in [1.54, 1.807) is 0 Å². The second-order valence-corrected chi connectivity index (χ2v) is 14.8. The van der Waals surface area contributed by atoms with Crippen LogP contribution in [0.5, 0.6) is 6.01 Å². The molecule has 0 spiro atoms. The highest BCUT2D eigenvalue weighted by molar-refractivity contribution is 7.22. The number of benzene rings is 2. The largest absolute Gasteiger partial charge is 0.461 e. The van der Waals surface area contributed by atoms with Gasteiger partial charge in [0.05, 0.1) is 27.6 Å². The first-order valence-electron chi connectivity index (χ1n) is 16.0. The first-order chi connectivity index (χ1) is 22.3. The lowest BCUT2D eigenvalue weighted by molar-refractivity contribution is 0.108. The van der Waals surface area contributed by atoms with Crippen LogP contribution in [0.25, 0.3) is 32.2 Å². The molecule has 46 heavy (non-hydrogen) atoms. The normalized spacial score (nSPS) is 28.7. The Morgan fingerprint density at radius 3 is 2.78 bits per heavy atom. The number of aromatic nitrogens is 3. The number of rotatable bonds is 6. The van der Waals surface area contributed by atoms with Gasteiger partial charge in [-0.2, -0.15) is 9.97 Å². The average Bonchev–Trinajstić information content (AvgIpc) is 3.44. The fraction of sp³-hybridized carbons (Fsp3) is 0.485. The van der Waals surface area contributed by atoms with E-state index >= 15 is 8.78 Å². The Bertz CT molecular complexity index is 1950. The zero-order valence-corrected chi connectivity index (χ0v) is 25.9. The summed E-state index contributed by atoms with van der Waals surface area (Å²) in [5.74, 6) is -1.28. The van der Waals surface area contributed by atoms with Gasteiger partial charge in [0, 0.05) is 42.2 Å². The monoisotopic (exact) mass is 651 g/mol. The number of nitrogen functional groups attached to an aromatic ring is 1. The third kappa shape index (κ3) is 4.34. The summed E-state index contributed by atoms with van der Waals surface area (Å²) in [6.45, 7) is 2.94. The molecule has 5 aliphatic rings. The number of halogens is 4. The summed E-state index contributed by atoms with van der Waals surface area (Å²) in [6.07, 6.45) is 7.48. The second kappa shape index (κ2) is 10.2. The lowest BCUT2D eigenvalue weighted by Crippen LogP contribution is -2.61. The molecule has 2 aromatic heterocycles. The van der Waals surface area contributed by atoms with Gasteiger partial charge in [0.2, 0.25) is 0 Å². The number of anilines is 2. The Morgan fingerprint density at radius 1 is 1.09 bits per heavy atom. The molecule has 240 valence electrons. The van der Waals surface area contributed by atoms with E-state index in [9.17, 15) is 8.78 Å². The van der Waals surface area contributed by atoms with Crippen molar-refractivity contribution in [2.75, 3.05) is 43.4 Å². The molecule has 8 nitrogen and oxygen atoms in total. The molecular weight excluding hydrogens is 618 g/mol. The maximum absolute atomic E-state index is 16.8. The highest BCUT2D eigenvalue weighted by Gasteiger charge is 2.53. The van der Waals surface area contributed by atoms with E-state index in [0.717, 1.165) is 49.1 Å². The van der Waals surface area contributed by atoms with Gasteiger partial charge in [-0.3, -0.25) is 4.90 Å². The van der Waals surface area contributed by atoms with Crippen LogP contribution in [0.2, 0.25) is 0 Å². The molecule has 2 aromatic carbocycles. The molecule has 4 saturated heterocycles. The van der Waals surface area contributed by atoms with Crippen molar-refractivity contribution >= 4 is 43.4 Å². The minimum absolute atomic E-state index is 0.00799. The van der Waals surface area contributed by atoms with Crippen molar-refractivity contribution in [1.82, 2.24) is 25.2 Å². The van der Waals surface area contributed by atoms with E-state index in [1.165, 1.54) is 31.0 Å². The summed E-state index contributed by atoms with van der Waals surface area (Å²) < 4.78 is 67.5. The van der Waals surface area contributed by atoms with E-state index in [2.05, 4.69) is 25.1 Å². The maximum Gasteiger partial charge on any atom is 0.319 e. The Hall–Kier alpha value is -3.55. The molecule has 4 aromatic rings. The fourth-order valence-corrected chi connectivity index (χ4v) is 9.49. The van der Waals surface area contributed by atoms with Gasteiger partial charge in [-0.15, -0.1) is 0 Å². The molecule has 1 saturated carbocycles. The zero-order chi connectivity index (χ0) is 31.4. The van der Waals surface area contributed by atoms with Gasteiger partial charge < -0.3 is 20.7 Å². The molecule has 1 aliphatic carbocycles. The Labute approximate surface area is 266 Å². The summed E-state index contributed by atoms with van der Waals surface area (Å²) >= 11 is 0.924. The van der Waals surface area contributed by atoms with E-state index in [0.29, 0.717) is 44.1 Å². The predicted molar refractivity (Wildman–Crippen MR) is 169 cm³/mol. The number of ether oxygens (including phenoxy) is 1. The van der Waals surface area contributed by atoms with Gasteiger partial charge in [-0.1, -0.05) is 11.3 Å². The minimum atomic E-state index is -0.901. The first kappa shape index (κ1) is 28.7. The molecule has 0 radical (unpaired) electrons. The average molecular weight is 652 g/mol. The van der Waals surface area contributed by atoms with Crippen molar-refractivity contribution in [3.05, 3.63) is 47.6 Å². The quantitative estimate of drug-likeness (QED) is 0.242. The summed E-state index contributed by atoms with van der Waals surface area (Å²) in [6, 6.07) is 4.00. The highest BCUT2D eigenvalue weighted by atomic mass is 32.1. The topological polar surface area (TPSA) is 92.4 Å². The maximum atomic E-state index is 16.8. The van der Waals surface area contributed by atoms with Crippen molar-refractivity contribution in [2.45, 2.75) is 62.1 Å². The van der Waals surface area contributed by atoms with Crippen LogP contribution in [0, 0.1) is 23.4 Å². The highest BCUT2D eigenvalue weighted by Crippen LogP contribution is 2.49. The molecule has 0 amide bonds. The number of hydrogen-bond acceptors (Lipinski definition) is 9. The second-order valence-electron chi connectivity index (χ2n) is 13.8. The molecule has 13 heteroatoms. The molecule has 6 heterocycles. The van der Waals surface area contributed by atoms with Gasteiger partial charge in [0.15, 0.2) is 10.9 Å². The SMILES string of the molecule is Nc1nc2c(-c3c(F)cc4c(N5C[C@@H]6CC[C@](C7CC7)(C5)N6)nc(OC[C@@]56CCCN5C/C(=C/F)C6)nc4c3F)ccc(F)c2s1. The predicted octanol–water partition coefficient (Wildman–Crippen LogP) is 6.10. The van der Waals surface area contributed by atoms with Crippen molar-refractivity contribution in [2.24, 2.45) is 5.92 Å². The third-order valence-electron chi connectivity index (χ3n) is 10.9. The first-order valence-corrected chi connectivity index (χ1v) is 16.8. The molecule has 9 rings (SSSR count). The molecule has 0 unspecified atom stereocenters. The van der Waals surface area contributed by atoms with Crippen LogP contribution in [0.1, 0.15) is 44.9 Å². The molecule has 5 fully saturated rings. The van der Waals surface area contributed by atoms with Crippen molar-refractivity contribution in [3.8, 4) is 17.1 Å². The zero-order valence-electron chi connectivity index (χ0n) is 25.1. The summed E-state index contributed by atoms with van der Waals surface area (Å²) in [4.78, 5) is 18.0. The molecular formula is C33H33F4N7OS. The van der Waals surface area contributed by atoms with Crippen molar-refractivity contribution < 1.29 is 22.3 Å². The lowest BCUT2D eigenvalue weighted by atomic mass is 9.90. The van der Waals surface area contributed by atoms with Gasteiger partial charge in [0.25, 0.3) is 0 Å². The molecule has 3 atom stereocenters. The van der Waals surface area contributed by atoms with E-state index in [4.69, 9.17) is 15.5 Å². The van der Waals surface area contributed by atoms with Crippen LogP contribution in [0.15, 0.2) is 30.1 Å². The number of nitrogens with zero attached hydrogens (tertiary/aromatic N) is 5. The molecule has 4 aliphatic heterocycles. The lowest BCUT2D eigenvalue weighted by Gasteiger charge is -2.42. The number of fused-ring (bicyclic) bond motifs is 5. The molecule has 3 N–H and O–H groups in total. The van der Waals surface area contributed by atoms with Crippen LogP contribution in [-0.4, -0.2) is 69.8 Å². The minimum Gasteiger partial charge on any atom is -0.461 e. The summed E-state index contributed by atoms with van der Waals surface area (Å²) in [7, 11) is 0. The van der Waals surface area contributed by atoms with Gasteiger partial charge >= 0.3 is 6.01 Å². The Kier molecular flexibility index (Phi) is 6.37. The Morgan fingerprint density at radius 2 is 1.96 bits per heavy atom. The van der Waals surface area contributed by atoms with Crippen molar-refractivity contribution in [3.63, 3.8) is 0 Å². The smallest absolute Gasteiger partial charge is 0.319 e. The summed E-state index contributed by atoms with van der Waals surface area (Å²) in [5, 5.41) is 4.19. The summed E-state index contributed by atoms with van der Waals surface area (Å²) in [5.41, 5.74) is 5.91. The third-order valence-corrected chi connectivity index (χ3v) is 11.8. The van der Waals surface area contributed by atoms with Gasteiger partial charge in [0.1, 0.15) is 29.6 Å². The van der Waals surface area contributed by atoms with Crippen LogP contribution in [0.4, 0.5) is 28.5 Å². The number of nitrogens with two attached hydrogens (primary N) is 1. The molecule has 2 bridgehead atoms.